The molecule has 0 spiro atoms. The topological polar surface area (TPSA) is 52.6 Å². The molecule has 1 unspecified atom stereocenters. The lowest BCUT2D eigenvalue weighted by atomic mass is 9.63. The van der Waals surface area contributed by atoms with E-state index in [4.69, 9.17) is 9.47 Å². The molecule has 200 valence electrons. The summed E-state index contributed by atoms with van der Waals surface area (Å²) < 4.78 is 12.0. The molecule has 1 atom stereocenters. The van der Waals surface area contributed by atoms with E-state index in [1.54, 1.807) is 18.2 Å². The quantitative estimate of drug-likeness (QED) is 0.220. The highest BCUT2D eigenvalue weighted by Gasteiger charge is 2.37. The normalized spacial score (nSPS) is 16.3. The van der Waals surface area contributed by atoms with Gasteiger partial charge < -0.3 is 9.47 Å². The molecule has 5 rings (SSSR count). The molecule has 0 heterocycles. The highest BCUT2D eigenvalue weighted by molar-refractivity contribution is 9.10. The maximum absolute atomic E-state index is 13.4. The van der Waals surface area contributed by atoms with Gasteiger partial charge in [0.1, 0.15) is 0 Å². The number of carbonyl (C=O) groups excluding carboxylic acids is 2. The fraction of sp³-hybridized carbons (Fsp3) is 0.294. The number of rotatable bonds is 5. The monoisotopic (exact) mass is 584 g/mol. The third kappa shape index (κ3) is 5.38. The average molecular weight is 586 g/mol. The van der Waals surface area contributed by atoms with E-state index in [0.717, 1.165) is 39.2 Å². The molecular weight excluding hydrogens is 552 g/mol. The Labute approximate surface area is 238 Å². The summed E-state index contributed by atoms with van der Waals surface area (Å²) in [6, 6.07) is 25.2. The summed E-state index contributed by atoms with van der Waals surface area (Å²) in [5.74, 6) is -0.757. The number of esters is 2. The number of halogens is 1. The molecule has 4 nitrogen and oxygen atoms in total. The Bertz CT molecular complexity index is 1570. The molecule has 0 bridgehead atoms. The standard InChI is InChI=1S/C34H33BrO4/c1-33(2)16-17-34(3,4)29-20-25(12-15-28(29)33)30(39-32(37)21-10-13-27(35)14-11-21)24-8-6-23-19-26(31(36)38-5)9-7-22(23)18-24/h6-15,18-20,30H,16-17H2,1-5H3. The summed E-state index contributed by atoms with van der Waals surface area (Å²) in [5, 5.41) is 1.86. The first-order valence-electron chi connectivity index (χ1n) is 13.2. The van der Waals surface area contributed by atoms with E-state index in [-0.39, 0.29) is 22.8 Å². The van der Waals surface area contributed by atoms with Gasteiger partial charge in [-0.2, -0.15) is 0 Å². The number of fused-ring (bicyclic) bond motifs is 2. The van der Waals surface area contributed by atoms with Crippen LogP contribution in [0.15, 0.2) is 83.3 Å². The van der Waals surface area contributed by atoms with E-state index in [9.17, 15) is 9.59 Å². The van der Waals surface area contributed by atoms with Gasteiger partial charge >= 0.3 is 11.9 Å². The molecule has 0 saturated carbocycles. The fourth-order valence-electron chi connectivity index (χ4n) is 5.53. The van der Waals surface area contributed by atoms with E-state index in [2.05, 4.69) is 61.8 Å². The predicted octanol–water partition coefficient (Wildman–Crippen LogP) is 8.68. The molecule has 1 aliphatic rings. The summed E-state index contributed by atoms with van der Waals surface area (Å²) in [4.78, 5) is 25.4. The van der Waals surface area contributed by atoms with Gasteiger partial charge in [0.05, 0.1) is 18.2 Å². The first-order valence-corrected chi connectivity index (χ1v) is 14.0. The third-order valence-corrected chi connectivity index (χ3v) is 8.60. The molecule has 1 aliphatic carbocycles. The van der Waals surface area contributed by atoms with E-state index in [1.807, 2.05) is 42.5 Å². The first kappa shape index (κ1) is 27.1. The van der Waals surface area contributed by atoms with E-state index < -0.39 is 6.10 Å². The molecule has 4 aromatic rings. The highest BCUT2D eigenvalue weighted by atomic mass is 79.9. The number of ether oxygens (including phenoxy) is 2. The predicted molar refractivity (Wildman–Crippen MR) is 158 cm³/mol. The maximum atomic E-state index is 13.4. The van der Waals surface area contributed by atoms with Crippen LogP contribution in [0.1, 0.15) is 89.6 Å². The Hall–Kier alpha value is -3.44. The summed E-state index contributed by atoms with van der Waals surface area (Å²) >= 11 is 3.43. The number of hydrogen-bond acceptors (Lipinski definition) is 4. The number of benzene rings is 4. The SMILES string of the molecule is COC(=O)c1ccc2cc(C(OC(=O)c3ccc(Br)cc3)c3ccc4c(c3)C(C)(C)CCC4(C)C)ccc2c1. The number of hydrogen-bond donors (Lipinski definition) is 0. The van der Waals surface area contributed by atoms with Gasteiger partial charge in [0, 0.05) is 4.47 Å². The number of carbonyl (C=O) groups is 2. The molecule has 4 aromatic carbocycles. The van der Waals surface area contributed by atoms with Gasteiger partial charge in [-0.05, 0) is 99.2 Å². The summed E-state index contributed by atoms with van der Waals surface area (Å²) in [7, 11) is 1.38. The maximum Gasteiger partial charge on any atom is 0.339 e. The largest absolute Gasteiger partial charge is 0.465 e. The molecule has 0 fully saturated rings. The average Bonchev–Trinajstić information content (AvgIpc) is 2.93. The molecule has 0 aliphatic heterocycles. The van der Waals surface area contributed by atoms with Gasteiger partial charge in [0.25, 0.3) is 0 Å². The second-order valence-corrected chi connectivity index (χ2v) is 12.6. The summed E-state index contributed by atoms with van der Waals surface area (Å²) in [5.41, 5.74) is 5.57. The third-order valence-electron chi connectivity index (χ3n) is 8.07. The molecular formula is C34H33BrO4. The van der Waals surface area contributed by atoms with E-state index >= 15 is 0 Å². The second kappa shape index (κ2) is 10.3. The van der Waals surface area contributed by atoms with Crippen molar-refractivity contribution in [2.75, 3.05) is 7.11 Å². The van der Waals surface area contributed by atoms with Crippen molar-refractivity contribution >= 4 is 38.6 Å². The van der Waals surface area contributed by atoms with Crippen LogP contribution in [0, 0.1) is 0 Å². The zero-order chi connectivity index (χ0) is 27.9. The van der Waals surface area contributed by atoms with Gasteiger partial charge in [0.2, 0.25) is 0 Å². The highest BCUT2D eigenvalue weighted by Crippen LogP contribution is 2.47. The van der Waals surface area contributed by atoms with Crippen molar-refractivity contribution in [3.8, 4) is 0 Å². The Morgan fingerprint density at radius 1 is 0.692 bits per heavy atom. The van der Waals surface area contributed by atoms with Crippen molar-refractivity contribution in [1.29, 1.82) is 0 Å². The Morgan fingerprint density at radius 2 is 1.26 bits per heavy atom. The zero-order valence-electron chi connectivity index (χ0n) is 23.0. The molecule has 0 N–H and O–H groups in total. The minimum absolute atomic E-state index is 0.0226. The Kier molecular flexibility index (Phi) is 7.15. The lowest BCUT2D eigenvalue weighted by Crippen LogP contribution is -2.34. The van der Waals surface area contributed by atoms with Crippen LogP contribution in [-0.2, 0) is 20.3 Å². The van der Waals surface area contributed by atoms with Crippen LogP contribution in [0.25, 0.3) is 10.8 Å². The Morgan fingerprint density at radius 3 is 1.95 bits per heavy atom. The minimum Gasteiger partial charge on any atom is -0.465 e. The van der Waals surface area contributed by atoms with Gasteiger partial charge in [-0.15, -0.1) is 0 Å². The van der Waals surface area contributed by atoms with Gasteiger partial charge in [-0.3, -0.25) is 0 Å². The van der Waals surface area contributed by atoms with Crippen LogP contribution in [0.5, 0.6) is 0 Å². The van der Waals surface area contributed by atoms with Crippen molar-refractivity contribution in [2.45, 2.75) is 57.5 Å². The lowest BCUT2D eigenvalue weighted by molar-refractivity contribution is 0.0377. The van der Waals surface area contributed by atoms with Crippen LogP contribution in [-0.4, -0.2) is 19.0 Å². The molecule has 0 saturated heterocycles. The van der Waals surface area contributed by atoms with Crippen LogP contribution in [0.4, 0.5) is 0 Å². The Balaban J connectivity index is 1.61. The van der Waals surface area contributed by atoms with Gasteiger partial charge in [-0.1, -0.05) is 80.0 Å². The van der Waals surface area contributed by atoms with Crippen molar-refractivity contribution in [3.05, 3.63) is 117 Å². The fourth-order valence-corrected chi connectivity index (χ4v) is 5.80. The van der Waals surface area contributed by atoms with Gasteiger partial charge in [-0.25, -0.2) is 9.59 Å². The van der Waals surface area contributed by atoms with Crippen LogP contribution in [0.2, 0.25) is 0 Å². The lowest BCUT2D eigenvalue weighted by Gasteiger charge is -2.42. The van der Waals surface area contributed by atoms with Gasteiger partial charge in [0.15, 0.2) is 6.10 Å². The molecule has 5 heteroatoms. The van der Waals surface area contributed by atoms with Crippen molar-refractivity contribution < 1.29 is 19.1 Å². The van der Waals surface area contributed by atoms with Crippen LogP contribution >= 0.6 is 15.9 Å². The smallest absolute Gasteiger partial charge is 0.339 e. The molecule has 39 heavy (non-hydrogen) atoms. The van der Waals surface area contributed by atoms with Crippen LogP contribution in [0.3, 0.4) is 0 Å². The first-order chi connectivity index (χ1) is 18.5. The number of methoxy groups -OCH3 is 1. The minimum atomic E-state index is -0.600. The molecule has 0 amide bonds. The van der Waals surface area contributed by atoms with Crippen LogP contribution < -0.4 is 0 Å². The molecule has 0 aromatic heterocycles. The molecule has 0 radical (unpaired) electrons. The zero-order valence-corrected chi connectivity index (χ0v) is 24.6. The van der Waals surface area contributed by atoms with Crippen molar-refractivity contribution in [3.63, 3.8) is 0 Å². The van der Waals surface area contributed by atoms with E-state index in [0.29, 0.717) is 11.1 Å². The summed E-state index contributed by atoms with van der Waals surface area (Å²) in [6.45, 7) is 9.20. The second-order valence-electron chi connectivity index (χ2n) is 11.7. The summed E-state index contributed by atoms with van der Waals surface area (Å²) in [6.07, 6.45) is 1.63. The van der Waals surface area contributed by atoms with Crippen molar-refractivity contribution in [1.82, 2.24) is 0 Å². The van der Waals surface area contributed by atoms with E-state index in [1.165, 1.54) is 18.2 Å². The van der Waals surface area contributed by atoms with Crippen molar-refractivity contribution in [2.24, 2.45) is 0 Å².